The molecule has 0 spiro atoms. The first-order valence-corrected chi connectivity index (χ1v) is 12.8. The van der Waals surface area contributed by atoms with Crippen LogP contribution in [0.2, 0.25) is 0 Å². The third kappa shape index (κ3) is 6.54. The van der Waals surface area contributed by atoms with E-state index in [2.05, 4.69) is 31.3 Å². The Kier molecular flexibility index (Phi) is 8.23. The molecule has 0 aliphatic carbocycles. The normalized spacial score (nSPS) is 19.9. The molecule has 0 bridgehead atoms. The van der Waals surface area contributed by atoms with Crippen molar-refractivity contribution in [3.63, 3.8) is 0 Å². The average molecular weight is 614 g/mol. The van der Waals surface area contributed by atoms with Gasteiger partial charge in [0.05, 0.1) is 10.2 Å². The third-order valence-electron chi connectivity index (χ3n) is 6.67. The van der Waals surface area contributed by atoms with E-state index in [4.69, 9.17) is 0 Å². The number of benzene rings is 1. The maximum atomic E-state index is 13.9. The Morgan fingerprint density at radius 3 is 2.64 bits per heavy atom. The number of fused-ring (bicyclic) bond motifs is 1. The number of likely N-dealkylation sites (tertiary alicyclic amines) is 1. The summed E-state index contributed by atoms with van der Waals surface area (Å²) in [5.74, 6) is -2.05. The van der Waals surface area contributed by atoms with Crippen molar-refractivity contribution in [2.75, 3.05) is 19.6 Å². The highest BCUT2D eigenvalue weighted by Gasteiger charge is 2.56. The fourth-order valence-electron chi connectivity index (χ4n) is 4.89. The minimum atomic E-state index is -4.68. The summed E-state index contributed by atoms with van der Waals surface area (Å²) in [5, 5.41) is 15.9. The zero-order valence-corrected chi connectivity index (χ0v) is 22.0. The standard InChI is InChI=1S/C25H24BrF4N5O4/c26-17-6-4-15(11-18(17)27)5-7-19(32-23(38)39)21(36)34-10-8-20-24(13-34,12-16-3-1-2-9-31-16)22(37)35(33-20)14-25(28,29)30/h1-4,6,9,11,19,32H,5,7-8,10,12-14H2,(H,38,39)/t19?,24-/m1/s1. The number of alkyl halides is 3. The topological polar surface area (TPSA) is 115 Å². The Morgan fingerprint density at radius 1 is 1.23 bits per heavy atom. The molecule has 2 aliphatic heterocycles. The molecule has 3 heterocycles. The van der Waals surface area contributed by atoms with E-state index in [0.29, 0.717) is 16.3 Å². The fraction of sp³-hybridized carbons (Fsp3) is 0.400. The van der Waals surface area contributed by atoms with Crippen LogP contribution in [0.25, 0.3) is 0 Å². The molecular formula is C25H24BrF4N5O4. The first-order chi connectivity index (χ1) is 18.4. The largest absolute Gasteiger partial charge is 0.465 e. The molecule has 2 atom stereocenters. The maximum Gasteiger partial charge on any atom is 0.408 e. The van der Waals surface area contributed by atoms with Crippen LogP contribution in [-0.4, -0.2) is 75.5 Å². The first kappa shape index (κ1) is 28.5. The van der Waals surface area contributed by atoms with Crippen LogP contribution in [0.5, 0.6) is 0 Å². The van der Waals surface area contributed by atoms with Gasteiger partial charge in [0.15, 0.2) is 0 Å². The number of aryl methyl sites for hydroxylation is 1. The molecule has 1 aromatic heterocycles. The van der Waals surface area contributed by atoms with Gasteiger partial charge in [-0.1, -0.05) is 12.1 Å². The SMILES string of the molecule is O=C(O)NC(CCc1ccc(Br)c(F)c1)C(=O)N1CCC2=NN(CC(F)(F)F)C(=O)[C@]2(Cc2ccccn2)C1. The van der Waals surface area contributed by atoms with Crippen molar-refractivity contribution in [2.24, 2.45) is 10.5 Å². The van der Waals surface area contributed by atoms with Gasteiger partial charge in [0, 0.05) is 37.8 Å². The first-order valence-electron chi connectivity index (χ1n) is 12.0. The minimum absolute atomic E-state index is 0.00889. The van der Waals surface area contributed by atoms with Gasteiger partial charge in [0.1, 0.15) is 23.8 Å². The lowest BCUT2D eigenvalue weighted by atomic mass is 9.74. The van der Waals surface area contributed by atoms with Gasteiger partial charge in [-0.05, 0) is 58.6 Å². The van der Waals surface area contributed by atoms with Crippen LogP contribution in [0.3, 0.4) is 0 Å². The van der Waals surface area contributed by atoms with Gasteiger partial charge in [-0.25, -0.2) is 14.2 Å². The smallest absolute Gasteiger partial charge is 0.408 e. The van der Waals surface area contributed by atoms with E-state index in [9.17, 15) is 37.1 Å². The van der Waals surface area contributed by atoms with E-state index in [-0.39, 0.29) is 49.0 Å². The number of carboxylic acid groups (broad SMARTS) is 1. The molecule has 208 valence electrons. The summed E-state index contributed by atoms with van der Waals surface area (Å²) in [6.07, 6.45) is -4.55. The van der Waals surface area contributed by atoms with Crippen LogP contribution in [-0.2, 0) is 22.4 Å². The Bertz CT molecular complexity index is 1290. The molecule has 1 saturated heterocycles. The molecule has 0 radical (unpaired) electrons. The van der Waals surface area contributed by atoms with Gasteiger partial charge in [0.25, 0.3) is 5.91 Å². The second kappa shape index (κ2) is 11.3. The molecule has 2 aliphatic rings. The molecule has 39 heavy (non-hydrogen) atoms. The lowest BCUT2D eigenvalue weighted by molar-refractivity contribution is -0.164. The van der Waals surface area contributed by atoms with Gasteiger partial charge in [-0.15, -0.1) is 0 Å². The molecule has 4 rings (SSSR count). The number of piperidine rings is 1. The van der Waals surface area contributed by atoms with Gasteiger partial charge in [-0.2, -0.15) is 18.3 Å². The molecule has 14 heteroatoms. The zero-order valence-electron chi connectivity index (χ0n) is 20.4. The summed E-state index contributed by atoms with van der Waals surface area (Å²) >= 11 is 3.06. The number of pyridine rings is 1. The molecule has 0 saturated carbocycles. The van der Waals surface area contributed by atoms with Crippen LogP contribution in [0, 0.1) is 11.2 Å². The van der Waals surface area contributed by atoms with Crippen molar-refractivity contribution in [1.82, 2.24) is 20.2 Å². The van der Waals surface area contributed by atoms with Crippen LogP contribution in [0.4, 0.5) is 22.4 Å². The summed E-state index contributed by atoms with van der Waals surface area (Å²) in [5.41, 5.74) is -0.385. The number of hydrazone groups is 1. The number of nitrogens with zero attached hydrogens (tertiary/aromatic N) is 4. The number of carbonyl (C=O) groups is 3. The number of amides is 3. The number of rotatable bonds is 8. The van der Waals surface area contributed by atoms with Crippen LogP contribution in [0.1, 0.15) is 24.1 Å². The summed E-state index contributed by atoms with van der Waals surface area (Å²) in [6, 6.07) is 8.11. The molecule has 9 nitrogen and oxygen atoms in total. The Balaban J connectivity index is 1.58. The molecule has 2 aromatic rings. The summed E-state index contributed by atoms with van der Waals surface area (Å²) < 4.78 is 53.7. The molecule has 3 amide bonds. The van der Waals surface area contributed by atoms with E-state index in [1.165, 1.54) is 23.2 Å². The van der Waals surface area contributed by atoms with E-state index >= 15 is 0 Å². The number of carbonyl (C=O) groups excluding carboxylic acids is 2. The fourth-order valence-corrected chi connectivity index (χ4v) is 5.14. The lowest BCUT2D eigenvalue weighted by Gasteiger charge is -2.40. The van der Waals surface area contributed by atoms with Crippen LogP contribution < -0.4 is 5.32 Å². The lowest BCUT2D eigenvalue weighted by Crippen LogP contribution is -2.59. The number of halogens is 5. The van der Waals surface area contributed by atoms with E-state index < -0.39 is 47.9 Å². The number of hydrogen-bond donors (Lipinski definition) is 2. The van der Waals surface area contributed by atoms with Gasteiger partial charge in [0.2, 0.25) is 5.91 Å². The van der Waals surface area contributed by atoms with Gasteiger partial charge >= 0.3 is 12.3 Å². The van der Waals surface area contributed by atoms with E-state index in [1.54, 1.807) is 24.3 Å². The highest BCUT2D eigenvalue weighted by Crippen LogP contribution is 2.39. The van der Waals surface area contributed by atoms with Crippen molar-refractivity contribution >= 4 is 39.5 Å². The van der Waals surface area contributed by atoms with Crippen molar-refractivity contribution in [1.29, 1.82) is 0 Å². The molecule has 1 unspecified atom stereocenters. The van der Waals surface area contributed by atoms with Crippen molar-refractivity contribution in [2.45, 2.75) is 37.9 Å². The van der Waals surface area contributed by atoms with Crippen LogP contribution >= 0.6 is 15.9 Å². The third-order valence-corrected chi connectivity index (χ3v) is 7.31. The Labute approximate surface area is 229 Å². The predicted molar refractivity (Wildman–Crippen MR) is 134 cm³/mol. The Morgan fingerprint density at radius 2 is 2.00 bits per heavy atom. The van der Waals surface area contributed by atoms with E-state index in [0.717, 1.165) is 0 Å². The Hall–Kier alpha value is -3.55. The van der Waals surface area contributed by atoms with Gasteiger partial charge in [-0.3, -0.25) is 14.6 Å². The molecule has 1 aromatic carbocycles. The number of hydrogen-bond acceptors (Lipinski definition) is 5. The van der Waals surface area contributed by atoms with Crippen molar-refractivity contribution < 1.29 is 37.1 Å². The van der Waals surface area contributed by atoms with Crippen LogP contribution in [0.15, 0.2) is 52.2 Å². The zero-order chi connectivity index (χ0) is 28.4. The highest BCUT2D eigenvalue weighted by atomic mass is 79.9. The average Bonchev–Trinajstić information content (AvgIpc) is 3.12. The maximum absolute atomic E-state index is 13.9. The summed E-state index contributed by atoms with van der Waals surface area (Å²) in [6.45, 7) is -1.83. The monoisotopic (exact) mass is 613 g/mol. The predicted octanol–water partition coefficient (Wildman–Crippen LogP) is 3.77. The quantitative estimate of drug-likeness (QED) is 0.440. The second-order valence-corrected chi connectivity index (χ2v) is 10.3. The molecule has 2 N–H and O–H groups in total. The molecular weight excluding hydrogens is 590 g/mol. The second-order valence-electron chi connectivity index (χ2n) is 9.40. The van der Waals surface area contributed by atoms with E-state index in [1.807, 2.05) is 0 Å². The van der Waals surface area contributed by atoms with Gasteiger partial charge < -0.3 is 15.3 Å². The minimum Gasteiger partial charge on any atom is -0.465 e. The van der Waals surface area contributed by atoms with Crippen molar-refractivity contribution in [3.8, 4) is 0 Å². The number of nitrogens with one attached hydrogen (secondary N) is 1. The number of aromatic nitrogens is 1. The van der Waals surface area contributed by atoms with Crippen molar-refractivity contribution in [3.05, 3.63) is 64.1 Å². The molecule has 1 fully saturated rings. The highest BCUT2D eigenvalue weighted by molar-refractivity contribution is 9.10. The summed E-state index contributed by atoms with van der Waals surface area (Å²) in [4.78, 5) is 43.9. The summed E-state index contributed by atoms with van der Waals surface area (Å²) in [7, 11) is 0.